The maximum atomic E-state index is 5.39. The minimum Gasteiger partial charge on any atom is -0.381 e. The van der Waals surface area contributed by atoms with E-state index in [-0.39, 0.29) is 0 Å². The fourth-order valence-corrected chi connectivity index (χ4v) is 2.55. The molecule has 0 aromatic rings. The maximum absolute atomic E-state index is 5.39. The number of piperidine rings is 1. The van der Waals surface area contributed by atoms with Crippen LogP contribution in [0.25, 0.3) is 0 Å². The van der Waals surface area contributed by atoms with E-state index in [1.165, 1.54) is 25.7 Å². The molecule has 2 saturated heterocycles. The molecule has 0 aliphatic carbocycles. The van der Waals surface area contributed by atoms with Crippen LogP contribution in [0.2, 0.25) is 0 Å². The number of ether oxygens (including phenoxy) is 1. The molecule has 2 bridgehead atoms. The number of hydrogen-bond donors (Lipinski definition) is 0. The van der Waals surface area contributed by atoms with Crippen LogP contribution in [0.1, 0.15) is 25.7 Å². The molecule has 3 atom stereocenters. The van der Waals surface area contributed by atoms with Crippen LogP contribution in [0.4, 0.5) is 0 Å². The van der Waals surface area contributed by atoms with E-state index in [0.29, 0.717) is 6.10 Å². The zero-order chi connectivity index (χ0) is 7.84. The lowest BCUT2D eigenvalue weighted by molar-refractivity contribution is 0.0163. The van der Waals surface area contributed by atoms with Crippen molar-refractivity contribution in [2.75, 3.05) is 14.2 Å². The lowest BCUT2D eigenvalue weighted by Gasteiger charge is -2.35. The molecule has 2 aliphatic rings. The summed E-state index contributed by atoms with van der Waals surface area (Å²) in [6.07, 6.45) is 5.83. The standard InChI is InChI=1S/C9H17NO/c1-10-7-3-4-8(10)6-9(5-7)11-2/h7-9H,3-6H2,1-2H3/t7-,8+,9-. The average molecular weight is 155 g/mol. The normalized spacial score (nSPS) is 44.7. The van der Waals surface area contributed by atoms with Crippen molar-refractivity contribution in [2.45, 2.75) is 43.9 Å². The fourth-order valence-electron chi connectivity index (χ4n) is 2.55. The zero-order valence-electron chi connectivity index (χ0n) is 7.42. The highest BCUT2D eigenvalue weighted by Crippen LogP contribution is 2.34. The molecule has 0 N–H and O–H groups in total. The van der Waals surface area contributed by atoms with Crippen molar-refractivity contribution in [3.63, 3.8) is 0 Å². The summed E-state index contributed by atoms with van der Waals surface area (Å²) >= 11 is 0. The van der Waals surface area contributed by atoms with Crippen molar-refractivity contribution < 1.29 is 4.74 Å². The van der Waals surface area contributed by atoms with Crippen LogP contribution in [-0.2, 0) is 4.74 Å². The summed E-state index contributed by atoms with van der Waals surface area (Å²) in [4.78, 5) is 2.54. The highest BCUT2D eigenvalue weighted by Gasteiger charge is 2.38. The van der Waals surface area contributed by atoms with Gasteiger partial charge in [0, 0.05) is 19.2 Å². The number of rotatable bonds is 1. The molecule has 11 heavy (non-hydrogen) atoms. The third-order valence-corrected chi connectivity index (χ3v) is 3.39. The molecule has 2 heteroatoms. The second-order valence-electron chi connectivity index (χ2n) is 3.88. The Morgan fingerprint density at radius 1 is 1.18 bits per heavy atom. The zero-order valence-corrected chi connectivity index (χ0v) is 7.42. The maximum Gasteiger partial charge on any atom is 0.0601 e. The molecule has 2 aliphatic heterocycles. The smallest absolute Gasteiger partial charge is 0.0601 e. The van der Waals surface area contributed by atoms with Gasteiger partial charge in [-0.2, -0.15) is 0 Å². The van der Waals surface area contributed by atoms with E-state index >= 15 is 0 Å². The molecule has 0 amide bonds. The Kier molecular flexibility index (Phi) is 1.90. The predicted molar refractivity (Wildman–Crippen MR) is 44.6 cm³/mol. The number of fused-ring (bicyclic) bond motifs is 2. The van der Waals surface area contributed by atoms with E-state index in [4.69, 9.17) is 4.74 Å². The fraction of sp³-hybridized carbons (Fsp3) is 1.00. The topological polar surface area (TPSA) is 12.5 Å². The Balaban J connectivity index is 2.02. The van der Waals surface area contributed by atoms with Crippen LogP contribution in [0, 0.1) is 0 Å². The third-order valence-electron chi connectivity index (χ3n) is 3.39. The summed E-state index contributed by atoms with van der Waals surface area (Å²) < 4.78 is 5.39. The SMILES string of the molecule is CO[C@@H]1C[C@H]2CC[C@@H](C1)N2C. The van der Waals surface area contributed by atoms with Crippen LogP contribution >= 0.6 is 0 Å². The third kappa shape index (κ3) is 1.18. The monoisotopic (exact) mass is 155 g/mol. The highest BCUT2D eigenvalue weighted by molar-refractivity contribution is 4.93. The van der Waals surface area contributed by atoms with Gasteiger partial charge >= 0.3 is 0 Å². The molecular weight excluding hydrogens is 138 g/mol. The summed E-state index contributed by atoms with van der Waals surface area (Å²) in [5.41, 5.74) is 0. The van der Waals surface area contributed by atoms with Crippen molar-refractivity contribution in [2.24, 2.45) is 0 Å². The summed E-state index contributed by atoms with van der Waals surface area (Å²) in [6.45, 7) is 0. The Hall–Kier alpha value is -0.0800. The molecular formula is C9H17NO. The average Bonchev–Trinajstić information content (AvgIpc) is 2.26. The van der Waals surface area contributed by atoms with Gasteiger partial charge in [-0.3, -0.25) is 0 Å². The quantitative estimate of drug-likeness (QED) is 0.565. The van der Waals surface area contributed by atoms with Gasteiger partial charge in [0.15, 0.2) is 0 Å². The van der Waals surface area contributed by atoms with Crippen LogP contribution in [0.5, 0.6) is 0 Å². The van der Waals surface area contributed by atoms with Gasteiger partial charge in [0.05, 0.1) is 6.10 Å². The Morgan fingerprint density at radius 2 is 1.73 bits per heavy atom. The van der Waals surface area contributed by atoms with Crippen molar-refractivity contribution in [3.8, 4) is 0 Å². The second-order valence-corrected chi connectivity index (χ2v) is 3.88. The summed E-state index contributed by atoms with van der Waals surface area (Å²) in [5.74, 6) is 0. The molecule has 2 fully saturated rings. The second kappa shape index (κ2) is 2.76. The van der Waals surface area contributed by atoms with Gasteiger partial charge in [-0.05, 0) is 32.7 Å². The molecule has 0 radical (unpaired) electrons. The Morgan fingerprint density at radius 3 is 2.18 bits per heavy atom. The molecule has 64 valence electrons. The highest BCUT2D eigenvalue weighted by atomic mass is 16.5. The predicted octanol–water partition coefficient (Wildman–Crippen LogP) is 1.26. The van der Waals surface area contributed by atoms with E-state index in [2.05, 4.69) is 11.9 Å². The van der Waals surface area contributed by atoms with Gasteiger partial charge in [-0.25, -0.2) is 0 Å². The summed E-state index contributed by atoms with van der Waals surface area (Å²) in [7, 11) is 4.10. The van der Waals surface area contributed by atoms with Crippen molar-refractivity contribution in [3.05, 3.63) is 0 Å². The van der Waals surface area contributed by atoms with Gasteiger partial charge in [-0.1, -0.05) is 0 Å². The largest absolute Gasteiger partial charge is 0.381 e. The van der Waals surface area contributed by atoms with Crippen LogP contribution in [0.3, 0.4) is 0 Å². The van der Waals surface area contributed by atoms with Crippen LogP contribution < -0.4 is 0 Å². The summed E-state index contributed by atoms with van der Waals surface area (Å²) in [6, 6.07) is 1.64. The van der Waals surface area contributed by atoms with E-state index in [0.717, 1.165) is 12.1 Å². The van der Waals surface area contributed by atoms with Crippen LogP contribution in [0.15, 0.2) is 0 Å². The van der Waals surface area contributed by atoms with E-state index < -0.39 is 0 Å². The molecule has 0 aromatic heterocycles. The molecule has 2 heterocycles. The van der Waals surface area contributed by atoms with Gasteiger partial charge in [0.25, 0.3) is 0 Å². The first-order chi connectivity index (χ1) is 5.31. The van der Waals surface area contributed by atoms with Gasteiger partial charge in [-0.15, -0.1) is 0 Å². The Labute approximate surface area is 68.5 Å². The molecule has 2 nitrogen and oxygen atoms in total. The molecule has 2 rings (SSSR count). The first-order valence-electron chi connectivity index (χ1n) is 4.56. The van der Waals surface area contributed by atoms with Crippen molar-refractivity contribution in [1.29, 1.82) is 0 Å². The van der Waals surface area contributed by atoms with Crippen LogP contribution in [-0.4, -0.2) is 37.2 Å². The molecule has 0 unspecified atom stereocenters. The van der Waals surface area contributed by atoms with Gasteiger partial charge < -0.3 is 9.64 Å². The summed E-state index contributed by atoms with van der Waals surface area (Å²) in [5, 5.41) is 0. The molecule has 0 aromatic carbocycles. The molecule has 0 spiro atoms. The minimum absolute atomic E-state index is 0.545. The first kappa shape index (κ1) is 7.56. The first-order valence-corrected chi connectivity index (χ1v) is 4.56. The van der Waals surface area contributed by atoms with Gasteiger partial charge in [0.2, 0.25) is 0 Å². The van der Waals surface area contributed by atoms with Crippen molar-refractivity contribution >= 4 is 0 Å². The lowest BCUT2D eigenvalue weighted by Crippen LogP contribution is -2.42. The minimum atomic E-state index is 0.545. The number of nitrogens with zero attached hydrogens (tertiary/aromatic N) is 1. The number of hydrogen-bond acceptors (Lipinski definition) is 2. The van der Waals surface area contributed by atoms with Crippen molar-refractivity contribution in [1.82, 2.24) is 4.90 Å². The van der Waals surface area contributed by atoms with E-state index in [1.807, 2.05) is 7.11 Å². The molecule has 0 saturated carbocycles. The van der Waals surface area contributed by atoms with E-state index in [1.54, 1.807) is 0 Å². The Bertz CT molecular complexity index is 134. The van der Waals surface area contributed by atoms with Gasteiger partial charge in [0.1, 0.15) is 0 Å². The van der Waals surface area contributed by atoms with E-state index in [9.17, 15) is 0 Å². The lowest BCUT2D eigenvalue weighted by atomic mass is 10.0. The number of methoxy groups -OCH3 is 1.